The molecule has 0 N–H and O–H groups in total. The number of hydrogen-bond acceptors (Lipinski definition) is 3. The summed E-state index contributed by atoms with van der Waals surface area (Å²) in [7, 11) is 0. The molecule has 1 aromatic heterocycles. The minimum atomic E-state index is -0.348. The highest BCUT2D eigenvalue weighted by Crippen LogP contribution is 2.18. The summed E-state index contributed by atoms with van der Waals surface area (Å²) in [5, 5.41) is 2.39. The second-order valence-electron chi connectivity index (χ2n) is 5.10. The highest BCUT2D eigenvalue weighted by Gasteiger charge is 2.10. The topological polar surface area (TPSA) is 39.2 Å². The molecule has 0 fully saturated rings. The van der Waals surface area contributed by atoms with Crippen LogP contribution in [0.1, 0.15) is 28.5 Å². The number of rotatable bonds is 4. The maximum Gasteiger partial charge on any atom is 0.340 e. The zero-order valence-corrected chi connectivity index (χ0v) is 12.9. The summed E-state index contributed by atoms with van der Waals surface area (Å²) in [6, 6.07) is 17.9. The smallest absolute Gasteiger partial charge is 0.340 e. The Kier molecular flexibility index (Phi) is 4.48. The molecule has 3 heteroatoms. The number of fused-ring (bicyclic) bond motifs is 1. The van der Waals surface area contributed by atoms with E-state index in [-0.39, 0.29) is 5.97 Å². The Morgan fingerprint density at radius 3 is 2.70 bits per heavy atom. The van der Waals surface area contributed by atoms with Crippen molar-refractivity contribution in [2.75, 3.05) is 6.61 Å². The van der Waals surface area contributed by atoms with Gasteiger partial charge in [-0.05, 0) is 47.5 Å². The first kappa shape index (κ1) is 15.0. The zero-order chi connectivity index (χ0) is 16.1. The van der Waals surface area contributed by atoms with Gasteiger partial charge in [-0.3, -0.25) is 4.98 Å². The maximum absolute atomic E-state index is 12.0. The van der Waals surface area contributed by atoms with Gasteiger partial charge >= 0.3 is 5.97 Å². The lowest BCUT2D eigenvalue weighted by atomic mass is 10.1. The molecule has 0 aliphatic rings. The van der Waals surface area contributed by atoms with Crippen LogP contribution in [-0.4, -0.2) is 17.6 Å². The number of carbonyl (C=O) groups is 1. The van der Waals surface area contributed by atoms with Gasteiger partial charge in [0.2, 0.25) is 0 Å². The number of aromatic nitrogens is 1. The van der Waals surface area contributed by atoms with Gasteiger partial charge in [-0.15, -0.1) is 0 Å². The average molecular weight is 303 g/mol. The molecule has 0 unspecified atom stereocenters. The van der Waals surface area contributed by atoms with E-state index >= 15 is 0 Å². The Morgan fingerprint density at radius 1 is 1.04 bits per heavy atom. The summed E-state index contributed by atoms with van der Waals surface area (Å²) in [5.74, 6) is -0.348. The molecule has 0 atom stereocenters. The van der Waals surface area contributed by atoms with Gasteiger partial charge in [0.1, 0.15) is 0 Å². The predicted octanol–water partition coefficient (Wildman–Crippen LogP) is 4.58. The van der Waals surface area contributed by atoms with Crippen LogP contribution in [0.3, 0.4) is 0 Å². The van der Waals surface area contributed by atoms with E-state index in [4.69, 9.17) is 4.74 Å². The van der Waals surface area contributed by atoms with Gasteiger partial charge in [0.05, 0.1) is 17.9 Å². The molecule has 0 amide bonds. The summed E-state index contributed by atoms with van der Waals surface area (Å²) >= 11 is 0. The number of ether oxygens (including phenoxy) is 1. The van der Waals surface area contributed by atoms with Crippen molar-refractivity contribution in [3.63, 3.8) is 0 Å². The van der Waals surface area contributed by atoms with E-state index in [1.807, 2.05) is 30.4 Å². The molecule has 0 saturated heterocycles. The third kappa shape index (κ3) is 3.46. The SMILES string of the molecule is CCOC(=O)c1cccnc1C=Cc1ccc2ccccc2c1. The van der Waals surface area contributed by atoms with Crippen molar-refractivity contribution in [3.8, 4) is 0 Å². The molecular weight excluding hydrogens is 286 g/mol. The Labute approximate surface area is 135 Å². The van der Waals surface area contributed by atoms with Crippen molar-refractivity contribution in [2.45, 2.75) is 6.92 Å². The second-order valence-corrected chi connectivity index (χ2v) is 5.10. The van der Waals surface area contributed by atoms with Crippen LogP contribution in [0, 0.1) is 0 Å². The third-order valence-corrected chi connectivity index (χ3v) is 3.54. The van der Waals surface area contributed by atoms with Gasteiger partial charge in [0.15, 0.2) is 0 Å². The van der Waals surface area contributed by atoms with E-state index in [9.17, 15) is 4.79 Å². The van der Waals surface area contributed by atoms with Gasteiger partial charge in [0, 0.05) is 6.20 Å². The van der Waals surface area contributed by atoms with Crippen LogP contribution in [-0.2, 0) is 4.74 Å². The number of carbonyl (C=O) groups excluding carboxylic acids is 1. The first-order valence-corrected chi connectivity index (χ1v) is 7.57. The molecule has 0 radical (unpaired) electrons. The van der Waals surface area contributed by atoms with Gasteiger partial charge in [-0.2, -0.15) is 0 Å². The maximum atomic E-state index is 12.0. The Bertz CT molecular complexity index is 868. The monoisotopic (exact) mass is 303 g/mol. The Morgan fingerprint density at radius 2 is 1.87 bits per heavy atom. The molecule has 0 saturated carbocycles. The van der Waals surface area contributed by atoms with Gasteiger partial charge in [0.25, 0.3) is 0 Å². The molecule has 0 aliphatic heterocycles. The second kappa shape index (κ2) is 6.88. The van der Waals surface area contributed by atoms with Crippen LogP contribution in [0.25, 0.3) is 22.9 Å². The molecule has 114 valence electrons. The van der Waals surface area contributed by atoms with E-state index in [0.29, 0.717) is 17.9 Å². The van der Waals surface area contributed by atoms with Crippen molar-refractivity contribution < 1.29 is 9.53 Å². The average Bonchev–Trinajstić information content (AvgIpc) is 2.60. The molecule has 0 bridgehead atoms. The summed E-state index contributed by atoms with van der Waals surface area (Å²) in [6.07, 6.45) is 5.47. The summed E-state index contributed by atoms with van der Waals surface area (Å²) in [5.41, 5.74) is 2.15. The summed E-state index contributed by atoms with van der Waals surface area (Å²) in [4.78, 5) is 16.2. The van der Waals surface area contributed by atoms with Crippen LogP contribution in [0.2, 0.25) is 0 Å². The van der Waals surface area contributed by atoms with E-state index in [0.717, 1.165) is 5.56 Å². The van der Waals surface area contributed by atoms with Crippen LogP contribution in [0.5, 0.6) is 0 Å². The van der Waals surface area contributed by atoms with Crippen molar-refractivity contribution >= 4 is 28.9 Å². The molecule has 2 aromatic carbocycles. The van der Waals surface area contributed by atoms with Gasteiger partial charge in [-0.1, -0.05) is 42.5 Å². The fourth-order valence-electron chi connectivity index (χ4n) is 2.42. The largest absolute Gasteiger partial charge is 0.462 e. The van der Waals surface area contributed by atoms with E-state index in [1.165, 1.54) is 10.8 Å². The number of benzene rings is 2. The minimum Gasteiger partial charge on any atom is -0.462 e. The summed E-state index contributed by atoms with van der Waals surface area (Å²) < 4.78 is 5.07. The molecule has 3 rings (SSSR count). The fraction of sp³-hybridized carbons (Fsp3) is 0.100. The predicted molar refractivity (Wildman–Crippen MR) is 93.1 cm³/mol. The van der Waals surface area contributed by atoms with Gasteiger partial charge in [-0.25, -0.2) is 4.79 Å². The van der Waals surface area contributed by atoms with Crippen molar-refractivity contribution in [1.29, 1.82) is 0 Å². The van der Waals surface area contributed by atoms with E-state index in [1.54, 1.807) is 25.3 Å². The van der Waals surface area contributed by atoms with Crippen molar-refractivity contribution in [3.05, 3.63) is 77.6 Å². The minimum absolute atomic E-state index is 0.348. The Balaban J connectivity index is 1.91. The number of nitrogens with zero attached hydrogens (tertiary/aromatic N) is 1. The van der Waals surface area contributed by atoms with Crippen LogP contribution in [0.15, 0.2) is 60.8 Å². The third-order valence-electron chi connectivity index (χ3n) is 3.54. The van der Waals surface area contributed by atoms with Gasteiger partial charge < -0.3 is 4.74 Å². The van der Waals surface area contributed by atoms with Crippen molar-refractivity contribution in [1.82, 2.24) is 4.98 Å². The first-order chi connectivity index (χ1) is 11.3. The fourth-order valence-corrected chi connectivity index (χ4v) is 2.42. The van der Waals surface area contributed by atoms with E-state index in [2.05, 4.69) is 29.2 Å². The zero-order valence-electron chi connectivity index (χ0n) is 12.9. The summed E-state index contributed by atoms with van der Waals surface area (Å²) in [6.45, 7) is 2.14. The normalized spacial score (nSPS) is 11.0. The first-order valence-electron chi connectivity index (χ1n) is 7.57. The molecule has 0 aliphatic carbocycles. The van der Waals surface area contributed by atoms with Crippen LogP contribution in [0.4, 0.5) is 0 Å². The highest BCUT2D eigenvalue weighted by molar-refractivity contribution is 5.94. The molecule has 0 spiro atoms. The molecule has 1 heterocycles. The highest BCUT2D eigenvalue weighted by atomic mass is 16.5. The number of hydrogen-bond donors (Lipinski definition) is 0. The number of esters is 1. The van der Waals surface area contributed by atoms with Crippen molar-refractivity contribution in [2.24, 2.45) is 0 Å². The van der Waals surface area contributed by atoms with Crippen LogP contribution < -0.4 is 0 Å². The molecule has 3 nitrogen and oxygen atoms in total. The lowest BCUT2D eigenvalue weighted by molar-refractivity contribution is 0.0525. The Hall–Kier alpha value is -2.94. The lowest BCUT2D eigenvalue weighted by Crippen LogP contribution is -2.07. The molecule has 3 aromatic rings. The molecular formula is C20H17NO2. The van der Waals surface area contributed by atoms with Crippen LogP contribution >= 0.6 is 0 Å². The van der Waals surface area contributed by atoms with E-state index < -0.39 is 0 Å². The number of pyridine rings is 1. The standard InChI is InChI=1S/C20H17NO2/c1-2-23-20(22)18-8-5-13-21-19(18)12-10-15-9-11-16-6-3-4-7-17(16)14-15/h3-14H,2H2,1H3. The lowest BCUT2D eigenvalue weighted by Gasteiger charge is -2.04. The quantitative estimate of drug-likeness (QED) is 0.662. The molecule has 23 heavy (non-hydrogen) atoms.